The zero-order valence-corrected chi connectivity index (χ0v) is 13.5. The molecule has 0 unspecified atom stereocenters. The topological polar surface area (TPSA) is 83.5 Å². The Hall–Kier alpha value is -1.61. The molecule has 1 aromatic rings. The van der Waals surface area contributed by atoms with Crippen LogP contribution < -0.4 is 4.72 Å². The van der Waals surface area contributed by atoms with E-state index in [2.05, 4.69) is 4.72 Å². The van der Waals surface area contributed by atoms with Gasteiger partial charge in [0.05, 0.1) is 17.2 Å². The van der Waals surface area contributed by atoms with Gasteiger partial charge in [0, 0.05) is 6.04 Å². The molecule has 1 aromatic carbocycles. The summed E-state index contributed by atoms with van der Waals surface area (Å²) in [5.74, 6) is -2.16. The average Bonchev–Trinajstić information content (AvgIpc) is 2.46. The number of alkyl halides is 3. The van der Waals surface area contributed by atoms with E-state index in [1.165, 1.54) is 12.1 Å². The van der Waals surface area contributed by atoms with Crippen LogP contribution in [0, 0.1) is 5.92 Å². The normalized spacial score (nSPS) is 22.3. The summed E-state index contributed by atoms with van der Waals surface area (Å²) >= 11 is 0. The second-order valence-corrected chi connectivity index (χ2v) is 7.67. The van der Waals surface area contributed by atoms with Crippen molar-refractivity contribution in [3.63, 3.8) is 0 Å². The molecular weight excluding hydrogens is 347 g/mol. The molecule has 0 saturated heterocycles. The van der Waals surface area contributed by atoms with Gasteiger partial charge in [-0.05, 0) is 37.3 Å². The number of hydrogen-bond donors (Lipinski definition) is 2. The molecule has 134 valence electrons. The van der Waals surface area contributed by atoms with Crippen molar-refractivity contribution in [1.29, 1.82) is 0 Å². The maximum absolute atomic E-state index is 12.9. The number of nitrogens with one attached hydrogen (secondary N) is 1. The minimum atomic E-state index is -4.62. The van der Waals surface area contributed by atoms with Gasteiger partial charge in [0.25, 0.3) is 0 Å². The fraction of sp³-hybridized carbons (Fsp3) is 0.533. The smallest absolute Gasteiger partial charge is 0.416 e. The minimum absolute atomic E-state index is 0.309. The van der Waals surface area contributed by atoms with Gasteiger partial charge >= 0.3 is 12.1 Å². The van der Waals surface area contributed by atoms with Crippen LogP contribution in [0.2, 0.25) is 0 Å². The van der Waals surface area contributed by atoms with Crippen LogP contribution in [0.1, 0.15) is 36.8 Å². The zero-order chi connectivity index (χ0) is 18.0. The summed E-state index contributed by atoms with van der Waals surface area (Å²) in [6, 6.07) is 4.12. The number of carbonyl (C=O) groups is 1. The van der Waals surface area contributed by atoms with E-state index in [1.807, 2.05) is 0 Å². The Bertz CT molecular complexity index is 695. The molecule has 0 heterocycles. The van der Waals surface area contributed by atoms with Crippen LogP contribution in [0.4, 0.5) is 13.2 Å². The molecule has 1 aliphatic rings. The van der Waals surface area contributed by atoms with E-state index in [0.717, 1.165) is 12.1 Å². The zero-order valence-electron chi connectivity index (χ0n) is 12.7. The molecule has 0 bridgehead atoms. The van der Waals surface area contributed by atoms with Crippen LogP contribution in [-0.4, -0.2) is 25.5 Å². The summed E-state index contributed by atoms with van der Waals surface area (Å²) in [7, 11) is -3.95. The van der Waals surface area contributed by atoms with Gasteiger partial charge in [-0.25, -0.2) is 13.1 Å². The van der Waals surface area contributed by atoms with Crippen LogP contribution in [-0.2, 0) is 26.7 Å². The van der Waals surface area contributed by atoms with Gasteiger partial charge in [0.1, 0.15) is 0 Å². The van der Waals surface area contributed by atoms with Crippen LogP contribution in [0.5, 0.6) is 0 Å². The van der Waals surface area contributed by atoms with Crippen molar-refractivity contribution in [3.05, 3.63) is 35.4 Å². The number of carboxylic acids is 1. The quantitative estimate of drug-likeness (QED) is 0.840. The van der Waals surface area contributed by atoms with Gasteiger partial charge in [0.15, 0.2) is 0 Å². The number of sulfonamides is 1. The van der Waals surface area contributed by atoms with E-state index in [-0.39, 0.29) is 5.56 Å². The number of benzene rings is 1. The van der Waals surface area contributed by atoms with E-state index >= 15 is 0 Å². The molecule has 1 fully saturated rings. The van der Waals surface area contributed by atoms with Crippen LogP contribution in [0.15, 0.2) is 24.3 Å². The molecule has 0 radical (unpaired) electrons. The third kappa shape index (κ3) is 4.94. The van der Waals surface area contributed by atoms with E-state index < -0.39 is 45.4 Å². The summed E-state index contributed by atoms with van der Waals surface area (Å²) in [6.45, 7) is 0. The lowest BCUT2D eigenvalue weighted by molar-refractivity contribution is -0.143. The lowest BCUT2D eigenvalue weighted by Crippen LogP contribution is -2.39. The van der Waals surface area contributed by atoms with Gasteiger partial charge in [-0.2, -0.15) is 13.2 Å². The molecule has 0 aromatic heterocycles. The first-order chi connectivity index (χ1) is 11.1. The molecule has 2 rings (SSSR count). The van der Waals surface area contributed by atoms with Gasteiger partial charge in [-0.15, -0.1) is 0 Å². The standard InChI is InChI=1S/C15H18F3NO4S/c16-15(17,18)13-4-2-1-3-11(13)9-24(22,23)19-12-7-5-10(6-8-12)14(20)21/h1-4,10,12,19H,5-9H2,(H,20,21). The number of rotatable bonds is 5. The highest BCUT2D eigenvalue weighted by atomic mass is 32.2. The molecule has 5 nitrogen and oxygen atoms in total. The average molecular weight is 365 g/mol. The molecule has 1 saturated carbocycles. The van der Waals surface area contributed by atoms with Crippen LogP contribution in [0.25, 0.3) is 0 Å². The Morgan fingerprint density at radius 3 is 2.29 bits per heavy atom. The molecule has 2 N–H and O–H groups in total. The summed E-state index contributed by atoms with van der Waals surface area (Å²) in [6.07, 6.45) is -3.21. The van der Waals surface area contributed by atoms with E-state index in [0.29, 0.717) is 25.7 Å². The Labute approximate surface area is 137 Å². The summed E-state index contributed by atoms with van der Waals surface area (Å²) in [5.41, 5.74) is -1.28. The van der Waals surface area contributed by atoms with Gasteiger partial charge in [0.2, 0.25) is 10.0 Å². The van der Waals surface area contributed by atoms with Crippen molar-refractivity contribution < 1.29 is 31.5 Å². The molecule has 0 amide bonds. The predicted octanol–water partition coefficient (Wildman–Crippen LogP) is 2.77. The van der Waals surface area contributed by atoms with Crippen molar-refractivity contribution in [1.82, 2.24) is 4.72 Å². The van der Waals surface area contributed by atoms with Crippen LogP contribution in [0.3, 0.4) is 0 Å². The van der Waals surface area contributed by atoms with Crippen molar-refractivity contribution >= 4 is 16.0 Å². The third-order valence-corrected chi connectivity index (χ3v) is 5.47. The molecule has 0 aliphatic heterocycles. The number of carboxylic acid groups (broad SMARTS) is 1. The van der Waals surface area contributed by atoms with E-state index in [9.17, 15) is 26.4 Å². The molecule has 24 heavy (non-hydrogen) atoms. The maximum Gasteiger partial charge on any atom is 0.416 e. The molecule has 9 heteroatoms. The van der Waals surface area contributed by atoms with E-state index in [4.69, 9.17) is 5.11 Å². The van der Waals surface area contributed by atoms with Gasteiger partial charge in [-0.3, -0.25) is 4.79 Å². The predicted molar refractivity (Wildman–Crippen MR) is 80.6 cm³/mol. The molecule has 0 spiro atoms. The number of halogens is 3. The van der Waals surface area contributed by atoms with Crippen LogP contribution >= 0.6 is 0 Å². The molecule has 0 atom stereocenters. The SMILES string of the molecule is O=C(O)C1CCC(NS(=O)(=O)Cc2ccccc2C(F)(F)F)CC1. The largest absolute Gasteiger partial charge is 0.481 e. The fourth-order valence-electron chi connectivity index (χ4n) is 2.88. The van der Waals surface area contributed by atoms with Gasteiger partial charge in [-0.1, -0.05) is 18.2 Å². The third-order valence-electron chi connectivity index (χ3n) is 4.09. The first-order valence-corrected chi connectivity index (χ1v) is 9.11. The first kappa shape index (κ1) is 18.7. The van der Waals surface area contributed by atoms with Crippen molar-refractivity contribution in [2.75, 3.05) is 0 Å². The second kappa shape index (κ2) is 7.10. The lowest BCUT2D eigenvalue weighted by atomic mass is 9.87. The molecular formula is C15H18F3NO4S. The summed E-state index contributed by atoms with van der Waals surface area (Å²) < 4.78 is 65.5. The Kier molecular flexibility index (Phi) is 5.54. The highest BCUT2D eigenvalue weighted by Gasteiger charge is 2.34. The van der Waals surface area contributed by atoms with Crippen molar-refractivity contribution in [2.45, 2.75) is 43.7 Å². The lowest BCUT2D eigenvalue weighted by Gasteiger charge is -2.26. The number of aliphatic carboxylic acids is 1. The summed E-state index contributed by atoms with van der Waals surface area (Å²) in [5, 5.41) is 8.91. The Morgan fingerprint density at radius 1 is 1.17 bits per heavy atom. The number of hydrogen-bond acceptors (Lipinski definition) is 3. The van der Waals surface area contributed by atoms with E-state index in [1.54, 1.807) is 0 Å². The maximum atomic E-state index is 12.9. The van der Waals surface area contributed by atoms with Crippen molar-refractivity contribution in [3.8, 4) is 0 Å². The van der Waals surface area contributed by atoms with Gasteiger partial charge < -0.3 is 5.11 Å². The summed E-state index contributed by atoms with van der Waals surface area (Å²) in [4.78, 5) is 10.9. The Morgan fingerprint density at radius 2 is 1.75 bits per heavy atom. The fourth-order valence-corrected chi connectivity index (χ4v) is 4.37. The minimum Gasteiger partial charge on any atom is -0.481 e. The highest BCUT2D eigenvalue weighted by molar-refractivity contribution is 7.88. The van der Waals surface area contributed by atoms with Crippen molar-refractivity contribution in [2.24, 2.45) is 5.92 Å². The first-order valence-electron chi connectivity index (χ1n) is 7.46. The second-order valence-electron chi connectivity index (χ2n) is 5.92. The highest BCUT2D eigenvalue weighted by Crippen LogP contribution is 2.32. The molecule has 1 aliphatic carbocycles. The monoisotopic (exact) mass is 365 g/mol. The Balaban J connectivity index is 2.04.